The van der Waals surface area contributed by atoms with Crippen molar-refractivity contribution in [3.63, 3.8) is 0 Å². The summed E-state index contributed by atoms with van der Waals surface area (Å²) in [5, 5.41) is 23.2. The number of carbonyl (C=O) groups is 1. The van der Waals surface area contributed by atoms with Gasteiger partial charge >= 0.3 is 10.4 Å². The zero-order valence-corrected chi connectivity index (χ0v) is 28.7. The predicted molar refractivity (Wildman–Crippen MR) is 177 cm³/mol. The molecule has 0 radical (unpaired) electrons. The molecule has 0 bridgehead atoms. The molecule has 0 aromatic carbocycles. The molecule has 0 aliphatic rings. The molecule has 0 aliphatic heterocycles. The first-order chi connectivity index (χ1) is 20.7. The molecule has 0 aliphatic carbocycles. The number of aliphatic hydroxyl groups is 2. The molecule has 43 heavy (non-hydrogen) atoms. The van der Waals surface area contributed by atoms with Crippen molar-refractivity contribution in [1.82, 2.24) is 5.32 Å². The third kappa shape index (κ3) is 28.5. The fraction of sp³-hybridized carbons (Fsp3) is 0.971. The van der Waals surface area contributed by atoms with E-state index in [1.165, 1.54) is 116 Å². The summed E-state index contributed by atoms with van der Waals surface area (Å²) in [5.41, 5.74) is 0. The molecule has 0 fully saturated rings. The van der Waals surface area contributed by atoms with E-state index in [1.54, 1.807) is 0 Å². The van der Waals surface area contributed by atoms with Gasteiger partial charge in [-0.15, -0.1) is 0 Å². The minimum atomic E-state index is -4.80. The number of amides is 1. The maximum Gasteiger partial charge on any atom is 0.397 e. The van der Waals surface area contributed by atoms with E-state index in [4.69, 9.17) is 4.18 Å². The SMILES string of the molecule is CCCCCCCCCCCCCCCC(=O)NC(CO)C(O)C(CCCCCCCCCCCCCC)OS(=O)(=O)O. The Hall–Kier alpha value is -0.740. The molecule has 0 aromatic rings. The van der Waals surface area contributed by atoms with Crippen LogP contribution in [0.4, 0.5) is 0 Å². The highest BCUT2D eigenvalue weighted by atomic mass is 32.3. The Morgan fingerprint density at radius 1 is 0.628 bits per heavy atom. The van der Waals surface area contributed by atoms with E-state index in [-0.39, 0.29) is 18.7 Å². The molecule has 0 saturated heterocycles. The first kappa shape index (κ1) is 42.3. The van der Waals surface area contributed by atoms with Crippen molar-refractivity contribution in [2.75, 3.05) is 6.61 Å². The number of nitrogens with one attached hydrogen (secondary N) is 1. The third-order valence-corrected chi connectivity index (χ3v) is 8.92. The minimum absolute atomic E-state index is 0.198. The lowest BCUT2D eigenvalue weighted by atomic mass is 9.99. The Balaban J connectivity index is 4.18. The van der Waals surface area contributed by atoms with Gasteiger partial charge in [-0.25, -0.2) is 4.18 Å². The lowest BCUT2D eigenvalue weighted by Crippen LogP contribution is -2.51. The first-order valence-electron chi connectivity index (χ1n) is 18.0. The van der Waals surface area contributed by atoms with E-state index < -0.39 is 35.3 Å². The van der Waals surface area contributed by atoms with Gasteiger partial charge in [0.15, 0.2) is 0 Å². The maximum atomic E-state index is 12.5. The number of hydrogen-bond acceptors (Lipinski definition) is 6. The zero-order chi connectivity index (χ0) is 32.0. The van der Waals surface area contributed by atoms with Crippen LogP contribution in [0.25, 0.3) is 0 Å². The van der Waals surface area contributed by atoms with Crippen LogP contribution in [0.2, 0.25) is 0 Å². The Morgan fingerprint density at radius 3 is 1.33 bits per heavy atom. The largest absolute Gasteiger partial charge is 0.397 e. The Bertz CT molecular complexity index is 720. The van der Waals surface area contributed by atoms with Crippen LogP contribution in [0.5, 0.6) is 0 Å². The molecular weight excluding hydrogens is 566 g/mol. The molecule has 9 heteroatoms. The monoisotopic (exact) mass is 635 g/mol. The fourth-order valence-electron chi connectivity index (χ4n) is 5.70. The van der Waals surface area contributed by atoms with Crippen LogP contribution in [-0.2, 0) is 19.4 Å². The molecule has 0 aromatic heterocycles. The number of aliphatic hydroxyl groups excluding tert-OH is 2. The van der Waals surface area contributed by atoms with Crippen molar-refractivity contribution in [1.29, 1.82) is 0 Å². The summed E-state index contributed by atoms with van der Waals surface area (Å²) >= 11 is 0. The molecule has 3 atom stereocenters. The normalized spacial score (nSPS) is 14.1. The Labute approximate surface area is 265 Å². The van der Waals surface area contributed by atoms with E-state index in [2.05, 4.69) is 19.2 Å². The van der Waals surface area contributed by atoms with E-state index >= 15 is 0 Å². The average Bonchev–Trinajstić information content (AvgIpc) is 2.97. The second-order valence-electron chi connectivity index (χ2n) is 12.6. The second-order valence-corrected chi connectivity index (χ2v) is 13.6. The van der Waals surface area contributed by atoms with Crippen molar-refractivity contribution in [2.45, 2.75) is 205 Å². The van der Waals surface area contributed by atoms with Crippen molar-refractivity contribution in [3.8, 4) is 0 Å². The van der Waals surface area contributed by atoms with Crippen LogP contribution in [-0.4, -0.2) is 53.9 Å². The smallest absolute Gasteiger partial charge is 0.394 e. The molecule has 0 spiro atoms. The van der Waals surface area contributed by atoms with Gasteiger partial charge in [-0.1, -0.05) is 168 Å². The van der Waals surface area contributed by atoms with Gasteiger partial charge < -0.3 is 15.5 Å². The number of rotatable bonds is 33. The van der Waals surface area contributed by atoms with Crippen LogP contribution in [0.15, 0.2) is 0 Å². The summed E-state index contributed by atoms with van der Waals surface area (Å²) in [6, 6.07) is -1.07. The molecule has 8 nitrogen and oxygen atoms in total. The maximum absolute atomic E-state index is 12.5. The van der Waals surface area contributed by atoms with Gasteiger partial charge in [0, 0.05) is 6.42 Å². The lowest BCUT2D eigenvalue weighted by Gasteiger charge is -2.28. The van der Waals surface area contributed by atoms with Crippen LogP contribution >= 0.6 is 0 Å². The van der Waals surface area contributed by atoms with Gasteiger partial charge in [0.25, 0.3) is 0 Å². The summed E-state index contributed by atoms with van der Waals surface area (Å²) in [5.74, 6) is -0.294. The number of unbranched alkanes of at least 4 members (excludes halogenated alkanes) is 23. The summed E-state index contributed by atoms with van der Waals surface area (Å²) in [6.45, 7) is 3.91. The summed E-state index contributed by atoms with van der Waals surface area (Å²) in [4.78, 5) is 12.5. The van der Waals surface area contributed by atoms with Crippen molar-refractivity contribution in [3.05, 3.63) is 0 Å². The van der Waals surface area contributed by atoms with Crippen LogP contribution < -0.4 is 5.32 Å². The van der Waals surface area contributed by atoms with Crippen LogP contribution in [0, 0.1) is 0 Å². The minimum Gasteiger partial charge on any atom is -0.394 e. The molecule has 0 saturated carbocycles. The van der Waals surface area contributed by atoms with Gasteiger partial charge in [-0.3, -0.25) is 9.35 Å². The third-order valence-electron chi connectivity index (χ3n) is 8.43. The Morgan fingerprint density at radius 2 is 0.977 bits per heavy atom. The topological polar surface area (TPSA) is 133 Å². The summed E-state index contributed by atoms with van der Waals surface area (Å²) in [7, 11) is -4.80. The Kier molecular flexibility index (Phi) is 29.4. The average molecular weight is 636 g/mol. The zero-order valence-electron chi connectivity index (χ0n) is 27.9. The molecule has 4 N–H and O–H groups in total. The molecule has 0 heterocycles. The molecule has 258 valence electrons. The van der Waals surface area contributed by atoms with Gasteiger partial charge in [-0.2, -0.15) is 8.42 Å². The van der Waals surface area contributed by atoms with E-state index in [0.29, 0.717) is 6.42 Å². The number of carbonyl (C=O) groups excluding carboxylic acids is 1. The molecule has 1 amide bonds. The van der Waals surface area contributed by atoms with Crippen LogP contribution in [0.1, 0.15) is 187 Å². The predicted octanol–water partition coefficient (Wildman–Crippen LogP) is 8.58. The summed E-state index contributed by atoms with van der Waals surface area (Å²) in [6.07, 6.45) is 27.3. The van der Waals surface area contributed by atoms with E-state index in [0.717, 1.165) is 38.5 Å². The second kappa shape index (κ2) is 29.9. The highest BCUT2D eigenvalue weighted by molar-refractivity contribution is 7.80. The van der Waals surface area contributed by atoms with E-state index in [9.17, 15) is 28.0 Å². The molecule has 0 rings (SSSR count). The van der Waals surface area contributed by atoms with Gasteiger partial charge in [0.05, 0.1) is 12.6 Å². The van der Waals surface area contributed by atoms with Gasteiger partial charge in [0.2, 0.25) is 5.91 Å². The molecule has 3 unspecified atom stereocenters. The first-order valence-corrected chi connectivity index (χ1v) is 19.4. The highest BCUT2D eigenvalue weighted by Gasteiger charge is 2.32. The quantitative estimate of drug-likeness (QED) is 0.0419. The fourth-order valence-corrected chi connectivity index (χ4v) is 6.22. The van der Waals surface area contributed by atoms with Gasteiger partial charge in [-0.05, 0) is 12.8 Å². The van der Waals surface area contributed by atoms with E-state index in [1.807, 2.05) is 0 Å². The van der Waals surface area contributed by atoms with Gasteiger partial charge in [0.1, 0.15) is 12.2 Å². The number of hydrogen-bond donors (Lipinski definition) is 4. The standard InChI is InChI=1S/C34H69NO7S/c1-3-5-7-9-11-13-15-17-19-21-23-25-27-29-33(37)35-31(30-36)34(38)32(42-43(39,40)41)28-26-24-22-20-18-16-14-12-10-8-6-4-2/h31-32,34,36,38H,3-30H2,1-2H3,(H,35,37)(H,39,40,41). The van der Waals surface area contributed by atoms with Crippen LogP contribution in [0.3, 0.4) is 0 Å². The van der Waals surface area contributed by atoms with Crippen molar-refractivity contribution >= 4 is 16.3 Å². The van der Waals surface area contributed by atoms with Crippen molar-refractivity contribution in [2.24, 2.45) is 0 Å². The summed E-state index contributed by atoms with van der Waals surface area (Å²) < 4.78 is 36.8. The lowest BCUT2D eigenvalue weighted by molar-refractivity contribution is -0.124. The molecular formula is C34H69NO7S. The highest BCUT2D eigenvalue weighted by Crippen LogP contribution is 2.18. The van der Waals surface area contributed by atoms with Crippen molar-refractivity contribution < 1.29 is 32.2 Å².